The Morgan fingerprint density at radius 3 is 1.32 bits per heavy atom. The van der Waals surface area contributed by atoms with Crippen LogP contribution in [-0.4, -0.2) is 0 Å². The molecule has 3 aromatic carbocycles. The molecule has 0 fully saturated rings. The zero-order valence-electron chi connectivity index (χ0n) is 16.3. The van der Waals surface area contributed by atoms with E-state index in [9.17, 15) is 52.7 Å². The molecule has 0 atom stereocenters. The number of benzene rings is 3. The Hall–Kier alpha value is -3.18. The fraction of sp³-hybridized carbons (Fsp3) is 0.182. The SMILES string of the molecule is FC(F)(F)c1cc(-c2cccc(-c3ccccc3)c2)c(C(F)(F)F)c(C(F)(F)F)c1C(F)(F)F. The fourth-order valence-corrected chi connectivity index (χ4v) is 3.50. The first-order valence-electron chi connectivity index (χ1n) is 9.08. The summed E-state index contributed by atoms with van der Waals surface area (Å²) >= 11 is 0. The van der Waals surface area contributed by atoms with Crippen molar-refractivity contribution in [2.24, 2.45) is 0 Å². The first kappa shape index (κ1) is 25.4. The number of rotatable bonds is 2. The number of hydrogen-bond donors (Lipinski definition) is 0. The second-order valence-corrected chi connectivity index (χ2v) is 7.03. The van der Waals surface area contributed by atoms with Crippen LogP contribution in [0.15, 0.2) is 60.7 Å². The summed E-state index contributed by atoms with van der Waals surface area (Å²) in [7, 11) is 0. The standard InChI is InChI=1S/C22H10F12/c23-19(24,25)15-10-14(13-8-4-7-12(9-13)11-5-2-1-3-6-11)16(20(26,27)28)18(22(32,33)34)17(15)21(29,30)31/h1-10H. The maximum atomic E-state index is 13.8. The molecular formula is C22H10F12. The molecule has 34 heavy (non-hydrogen) atoms. The van der Waals surface area contributed by atoms with Crippen molar-refractivity contribution in [3.63, 3.8) is 0 Å². The molecule has 3 aromatic rings. The monoisotopic (exact) mass is 502 g/mol. The zero-order chi connectivity index (χ0) is 25.7. The third-order valence-electron chi connectivity index (χ3n) is 4.76. The normalized spacial score (nSPS) is 13.3. The van der Waals surface area contributed by atoms with Crippen molar-refractivity contribution in [2.75, 3.05) is 0 Å². The van der Waals surface area contributed by atoms with Crippen LogP contribution < -0.4 is 0 Å². The van der Waals surface area contributed by atoms with E-state index in [1.807, 2.05) is 0 Å². The second-order valence-electron chi connectivity index (χ2n) is 7.03. The van der Waals surface area contributed by atoms with Gasteiger partial charge in [-0.15, -0.1) is 0 Å². The van der Waals surface area contributed by atoms with Crippen LogP contribution in [0, 0.1) is 0 Å². The molecule has 182 valence electrons. The predicted octanol–water partition coefficient (Wildman–Crippen LogP) is 9.10. The molecular weight excluding hydrogens is 492 g/mol. The minimum absolute atomic E-state index is 0.119. The van der Waals surface area contributed by atoms with Crippen molar-refractivity contribution >= 4 is 0 Å². The lowest BCUT2D eigenvalue weighted by Crippen LogP contribution is -2.28. The van der Waals surface area contributed by atoms with E-state index in [4.69, 9.17) is 0 Å². The van der Waals surface area contributed by atoms with Crippen molar-refractivity contribution in [2.45, 2.75) is 24.7 Å². The lowest BCUT2D eigenvalue weighted by Gasteiger charge is -2.27. The van der Waals surface area contributed by atoms with Gasteiger partial charge in [0.25, 0.3) is 0 Å². The van der Waals surface area contributed by atoms with Gasteiger partial charge in [-0.05, 0) is 34.4 Å². The van der Waals surface area contributed by atoms with Crippen LogP contribution in [0.4, 0.5) is 52.7 Å². The quantitative estimate of drug-likeness (QED) is 0.307. The van der Waals surface area contributed by atoms with Crippen LogP contribution in [0.1, 0.15) is 22.3 Å². The summed E-state index contributed by atoms with van der Waals surface area (Å²) < 4.78 is 163. The number of alkyl halides is 12. The van der Waals surface area contributed by atoms with E-state index in [1.54, 1.807) is 6.07 Å². The van der Waals surface area contributed by atoms with Gasteiger partial charge in [-0.25, -0.2) is 0 Å². The van der Waals surface area contributed by atoms with Crippen molar-refractivity contribution in [3.05, 3.63) is 82.9 Å². The van der Waals surface area contributed by atoms with Crippen LogP contribution in [0.3, 0.4) is 0 Å². The van der Waals surface area contributed by atoms with Crippen molar-refractivity contribution < 1.29 is 52.7 Å². The molecule has 0 aliphatic rings. The summed E-state index contributed by atoms with van der Waals surface area (Å²) in [6.45, 7) is 0. The highest BCUT2D eigenvalue weighted by Crippen LogP contribution is 2.54. The van der Waals surface area contributed by atoms with Crippen molar-refractivity contribution in [1.82, 2.24) is 0 Å². The van der Waals surface area contributed by atoms with Gasteiger partial charge < -0.3 is 0 Å². The van der Waals surface area contributed by atoms with Gasteiger partial charge in [-0.1, -0.05) is 48.5 Å². The Labute approximate surface area is 183 Å². The van der Waals surface area contributed by atoms with Crippen LogP contribution in [-0.2, 0) is 24.7 Å². The molecule has 0 N–H and O–H groups in total. The molecule has 0 aromatic heterocycles. The molecule has 0 aliphatic carbocycles. The smallest absolute Gasteiger partial charge is 0.166 e. The van der Waals surface area contributed by atoms with E-state index in [-0.39, 0.29) is 5.56 Å². The fourth-order valence-electron chi connectivity index (χ4n) is 3.50. The highest BCUT2D eigenvalue weighted by atomic mass is 19.4. The Balaban J connectivity index is 2.53. The van der Waals surface area contributed by atoms with Crippen LogP contribution >= 0.6 is 0 Å². The molecule has 0 saturated heterocycles. The van der Waals surface area contributed by atoms with Crippen LogP contribution in [0.5, 0.6) is 0 Å². The Morgan fingerprint density at radius 2 is 0.853 bits per heavy atom. The molecule has 0 heterocycles. The molecule has 0 aliphatic heterocycles. The lowest BCUT2D eigenvalue weighted by molar-refractivity contribution is -0.182. The van der Waals surface area contributed by atoms with Crippen molar-refractivity contribution in [3.8, 4) is 22.3 Å². The van der Waals surface area contributed by atoms with Gasteiger partial charge in [-0.2, -0.15) is 52.7 Å². The van der Waals surface area contributed by atoms with Crippen LogP contribution in [0.25, 0.3) is 22.3 Å². The largest absolute Gasteiger partial charge is 0.417 e. The summed E-state index contributed by atoms with van der Waals surface area (Å²) in [5.41, 5.74) is -14.6. The minimum Gasteiger partial charge on any atom is -0.166 e. The Kier molecular flexibility index (Phi) is 6.17. The van der Waals surface area contributed by atoms with Gasteiger partial charge in [-0.3, -0.25) is 0 Å². The highest BCUT2D eigenvalue weighted by Gasteiger charge is 2.55. The first-order chi connectivity index (χ1) is 15.4. The average Bonchev–Trinajstić information content (AvgIpc) is 2.70. The molecule has 3 rings (SSSR count). The third kappa shape index (κ3) is 5.00. The molecule has 0 nitrogen and oxygen atoms in total. The number of hydrogen-bond acceptors (Lipinski definition) is 0. The first-order valence-corrected chi connectivity index (χ1v) is 9.08. The molecule has 0 spiro atoms. The van der Waals surface area contributed by atoms with Crippen molar-refractivity contribution in [1.29, 1.82) is 0 Å². The van der Waals surface area contributed by atoms with Gasteiger partial charge in [0.05, 0.1) is 22.3 Å². The molecule has 0 saturated carbocycles. The summed E-state index contributed by atoms with van der Waals surface area (Å²) in [4.78, 5) is 0. The lowest BCUT2D eigenvalue weighted by atomic mass is 9.86. The number of halogens is 12. The molecule has 0 unspecified atom stereocenters. The topological polar surface area (TPSA) is 0 Å². The van der Waals surface area contributed by atoms with Gasteiger partial charge in [0, 0.05) is 0 Å². The molecule has 0 bridgehead atoms. The molecule has 12 heteroatoms. The summed E-state index contributed by atoms with van der Waals surface area (Å²) in [6.07, 6.45) is -24.9. The van der Waals surface area contributed by atoms with Gasteiger partial charge >= 0.3 is 24.7 Å². The van der Waals surface area contributed by atoms with Gasteiger partial charge in [0.15, 0.2) is 0 Å². The third-order valence-corrected chi connectivity index (χ3v) is 4.76. The van der Waals surface area contributed by atoms with Gasteiger partial charge in [0.2, 0.25) is 0 Å². The Bertz CT molecular complexity index is 1180. The average molecular weight is 502 g/mol. The van der Waals surface area contributed by atoms with E-state index in [2.05, 4.69) is 0 Å². The minimum atomic E-state index is -6.41. The Morgan fingerprint density at radius 1 is 0.382 bits per heavy atom. The highest BCUT2D eigenvalue weighted by molar-refractivity contribution is 5.77. The zero-order valence-corrected chi connectivity index (χ0v) is 16.3. The van der Waals surface area contributed by atoms with Crippen LogP contribution in [0.2, 0.25) is 0 Å². The predicted molar refractivity (Wildman–Crippen MR) is 97.3 cm³/mol. The molecule has 0 radical (unpaired) electrons. The molecule has 0 amide bonds. The summed E-state index contributed by atoms with van der Waals surface area (Å²) in [5.74, 6) is 0. The second kappa shape index (κ2) is 8.24. The van der Waals surface area contributed by atoms with E-state index >= 15 is 0 Å². The van der Waals surface area contributed by atoms with E-state index < -0.39 is 64.2 Å². The summed E-state index contributed by atoms with van der Waals surface area (Å²) in [6, 6.07) is 11.1. The maximum absolute atomic E-state index is 13.8. The maximum Gasteiger partial charge on any atom is 0.417 e. The van der Waals surface area contributed by atoms with E-state index in [0.717, 1.165) is 18.2 Å². The van der Waals surface area contributed by atoms with Gasteiger partial charge in [0.1, 0.15) is 0 Å². The summed E-state index contributed by atoms with van der Waals surface area (Å²) in [5, 5.41) is 0. The van der Waals surface area contributed by atoms with E-state index in [1.165, 1.54) is 30.3 Å². The van der Waals surface area contributed by atoms with E-state index in [0.29, 0.717) is 5.56 Å².